The minimum atomic E-state index is -0.863. The second kappa shape index (κ2) is 8.21. The van der Waals surface area contributed by atoms with Crippen LogP contribution in [-0.2, 0) is 14.3 Å². The Morgan fingerprint density at radius 3 is 2.35 bits per heavy atom. The lowest BCUT2D eigenvalue weighted by atomic mass is 10.2. The topological polar surface area (TPSA) is 81.7 Å². The van der Waals surface area contributed by atoms with Gasteiger partial charge in [0.1, 0.15) is 0 Å². The number of esters is 1. The molecule has 2 amide bonds. The first-order chi connectivity index (χ1) is 9.56. The summed E-state index contributed by atoms with van der Waals surface area (Å²) >= 11 is 1.55. The van der Waals surface area contributed by atoms with Crippen molar-refractivity contribution in [3.05, 3.63) is 29.8 Å². The van der Waals surface area contributed by atoms with E-state index in [1.807, 2.05) is 11.6 Å². The van der Waals surface area contributed by atoms with Crippen molar-refractivity contribution in [1.82, 2.24) is 5.32 Å². The molecule has 1 aromatic rings. The highest BCUT2D eigenvalue weighted by Crippen LogP contribution is 2.15. The first-order valence-corrected chi connectivity index (χ1v) is 7.07. The van der Waals surface area contributed by atoms with Crippen LogP contribution in [0, 0.1) is 0 Å². The fourth-order valence-electron chi connectivity index (χ4n) is 1.26. The number of thioether (sulfide) groups is 1. The van der Waals surface area contributed by atoms with Crippen molar-refractivity contribution < 1.29 is 23.9 Å². The number of hydrogen-bond acceptors (Lipinski definition) is 6. The van der Waals surface area contributed by atoms with Crippen LogP contribution in [0.3, 0.4) is 0 Å². The highest BCUT2D eigenvalue weighted by atomic mass is 32.2. The number of alkyl carbamates (subject to hydrolysis) is 1. The maximum atomic E-state index is 11.6. The highest BCUT2D eigenvalue weighted by molar-refractivity contribution is 7.98. The number of nitrogens with one attached hydrogen (secondary N) is 1. The average Bonchev–Trinajstić information content (AvgIpc) is 2.45. The number of carbonyl (C=O) groups excluding carboxylic acids is 3. The first kappa shape index (κ1) is 16.0. The van der Waals surface area contributed by atoms with E-state index in [2.05, 4.69) is 4.74 Å². The Labute approximate surface area is 120 Å². The molecule has 0 unspecified atom stereocenters. The van der Waals surface area contributed by atoms with Gasteiger partial charge in [0.15, 0.2) is 6.61 Å². The van der Waals surface area contributed by atoms with Crippen LogP contribution in [0.2, 0.25) is 0 Å². The van der Waals surface area contributed by atoms with Crippen molar-refractivity contribution in [3.8, 4) is 0 Å². The molecule has 108 valence electrons. The maximum Gasteiger partial charge on any atom is 0.413 e. The van der Waals surface area contributed by atoms with E-state index < -0.39 is 24.6 Å². The molecule has 0 heterocycles. The van der Waals surface area contributed by atoms with Gasteiger partial charge in [-0.25, -0.2) is 9.59 Å². The normalized spacial score (nSPS) is 9.70. The molecule has 20 heavy (non-hydrogen) atoms. The summed E-state index contributed by atoms with van der Waals surface area (Å²) < 4.78 is 9.29. The van der Waals surface area contributed by atoms with Gasteiger partial charge < -0.3 is 9.47 Å². The standard InChI is InChI=1S/C13H15NO5S/c1-3-18-13(17)14-11(15)8-19-12(16)9-4-6-10(20-2)7-5-9/h4-7H,3,8H2,1-2H3,(H,14,15,17). The molecule has 7 heteroatoms. The molecule has 0 aliphatic rings. The predicted molar refractivity (Wildman–Crippen MR) is 73.7 cm³/mol. The highest BCUT2D eigenvalue weighted by Gasteiger charge is 2.12. The number of benzene rings is 1. The van der Waals surface area contributed by atoms with E-state index in [1.54, 1.807) is 43.0 Å². The lowest BCUT2D eigenvalue weighted by Crippen LogP contribution is -2.34. The lowest BCUT2D eigenvalue weighted by molar-refractivity contribution is -0.123. The molecular weight excluding hydrogens is 282 g/mol. The van der Waals surface area contributed by atoms with Crippen LogP contribution in [0.25, 0.3) is 0 Å². The summed E-state index contributed by atoms with van der Waals surface area (Å²) in [6, 6.07) is 6.77. The van der Waals surface area contributed by atoms with Crippen LogP contribution in [0.1, 0.15) is 17.3 Å². The van der Waals surface area contributed by atoms with E-state index in [9.17, 15) is 14.4 Å². The molecule has 1 N–H and O–H groups in total. The Morgan fingerprint density at radius 2 is 1.80 bits per heavy atom. The molecule has 1 aromatic carbocycles. The van der Waals surface area contributed by atoms with Gasteiger partial charge in [0, 0.05) is 4.90 Å². The Morgan fingerprint density at radius 1 is 1.15 bits per heavy atom. The van der Waals surface area contributed by atoms with Gasteiger partial charge in [-0.3, -0.25) is 10.1 Å². The molecule has 6 nitrogen and oxygen atoms in total. The van der Waals surface area contributed by atoms with Gasteiger partial charge in [-0.05, 0) is 37.4 Å². The number of rotatable bonds is 5. The SMILES string of the molecule is CCOC(=O)NC(=O)COC(=O)c1ccc(SC)cc1. The van der Waals surface area contributed by atoms with Crippen LogP contribution in [-0.4, -0.2) is 37.4 Å². The van der Waals surface area contributed by atoms with Crippen molar-refractivity contribution in [3.63, 3.8) is 0 Å². The largest absolute Gasteiger partial charge is 0.452 e. The molecule has 0 aliphatic carbocycles. The van der Waals surface area contributed by atoms with Gasteiger partial charge in [0.25, 0.3) is 5.91 Å². The zero-order valence-corrected chi connectivity index (χ0v) is 12.0. The Hall–Kier alpha value is -2.02. The van der Waals surface area contributed by atoms with E-state index in [0.29, 0.717) is 5.56 Å². The molecule has 0 aromatic heterocycles. The van der Waals surface area contributed by atoms with Crippen molar-refractivity contribution in [2.75, 3.05) is 19.5 Å². The molecule has 0 saturated heterocycles. The van der Waals surface area contributed by atoms with Crippen LogP contribution in [0.4, 0.5) is 4.79 Å². The molecule has 0 aliphatic heterocycles. The Balaban J connectivity index is 2.42. The summed E-state index contributed by atoms with van der Waals surface area (Å²) in [7, 11) is 0. The van der Waals surface area contributed by atoms with Crippen molar-refractivity contribution in [1.29, 1.82) is 0 Å². The quantitative estimate of drug-likeness (QED) is 0.659. The minimum absolute atomic E-state index is 0.153. The summed E-state index contributed by atoms with van der Waals surface area (Å²) in [5, 5.41) is 1.93. The molecule has 0 spiro atoms. The summed E-state index contributed by atoms with van der Waals surface area (Å²) in [5.74, 6) is -1.37. The van der Waals surface area contributed by atoms with Crippen LogP contribution < -0.4 is 5.32 Å². The molecule has 0 atom stereocenters. The third-order valence-corrected chi connectivity index (χ3v) is 2.92. The maximum absolute atomic E-state index is 11.6. The number of carbonyl (C=O) groups is 3. The van der Waals surface area contributed by atoms with Gasteiger partial charge in [-0.15, -0.1) is 11.8 Å². The monoisotopic (exact) mass is 297 g/mol. The Bertz CT molecular complexity index is 486. The third-order valence-electron chi connectivity index (χ3n) is 2.18. The summed E-state index contributed by atoms with van der Waals surface area (Å²) in [5.41, 5.74) is 0.340. The molecule has 0 radical (unpaired) electrons. The molecule has 1 rings (SSSR count). The van der Waals surface area contributed by atoms with Gasteiger partial charge in [0.05, 0.1) is 12.2 Å². The van der Waals surface area contributed by atoms with Crippen LogP contribution >= 0.6 is 11.8 Å². The zero-order chi connectivity index (χ0) is 15.0. The fourth-order valence-corrected chi connectivity index (χ4v) is 1.67. The second-order valence-corrected chi connectivity index (χ2v) is 4.45. The molecule has 0 fully saturated rings. The molecule has 0 saturated carbocycles. The van der Waals surface area contributed by atoms with E-state index in [4.69, 9.17) is 4.74 Å². The first-order valence-electron chi connectivity index (χ1n) is 5.84. The average molecular weight is 297 g/mol. The van der Waals surface area contributed by atoms with E-state index in [0.717, 1.165) is 4.90 Å². The zero-order valence-electron chi connectivity index (χ0n) is 11.2. The minimum Gasteiger partial charge on any atom is -0.452 e. The summed E-state index contributed by atoms with van der Waals surface area (Å²) in [6.07, 6.45) is 1.06. The van der Waals surface area contributed by atoms with Crippen molar-refractivity contribution in [2.24, 2.45) is 0 Å². The fraction of sp³-hybridized carbons (Fsp3) is 0.308. The summed E-state index contributed by atoms with van der Waals surface area (Å²) in [4.78, 5) is 34.9. The van der Waals surface area contributed by atoms with Crippen LogP contribution in [0.5, 0.6) is 0 Å². The number of hydrogen-bond donors (Lipinski definition) is 1. The van der Waals surface area contributed by atoms with Crippen molar-refractivity contribution in [2.45, 2.75) is 11.8 Å². The third kappa shape index (κ3) is 5.31. The summed E-state index contributed by atoms with van der Waals surface area (Å²) in [6.45, 7) is 1.23. The molecule has 0 bridgehead atoms. The second-order valence-electron chi connectivity index (χ2n) is 3.57. The van der Waals surface area contributed by atoms with E-state index >= 15 is 0 Å². The van der Waals surface area contributed by atoms with Gasteiger partial charge in [0.2, 0.25) is 0 Å². The van der Waals surface area contributed by atoms with Crippen molar-refractivity contribution >= 4 is 29.7 Å². The molecular formula is C13H15NO5S. The Kier molecular flexibility index (Phi) is 6.58. The van der Waals surface area contributed by atoms with Gasteiger partial charge >= 0.3 is 12.1 Å². The van der Waals surface area contributed by atoms with Gasteiger partial charge in [-0.1, -0.05) is 0 Å². The number of imide groups is 1. The van der Waals surface area contributed by atoms with Gasteiger partial charge in [-0.2, -0.15) is 0 Å². The predicted octanol–water partition coefficient (Wildman–Crippen LogP) is 1.84. The van der Waals surface area contributed by atoms with E-state index in [1.165, 1.54) is 0 Å². The lowest BCUT2D eigenvalue weighted by Gasteiger charge is -2.06. The number of ether oxygens (including phenoxy) is 2. The van der Waals surface area contributed by atoms with E-state index in [-0.39, 0.29) is 6.61 Å². The number of amides is 2. The van der Waals surface area contributed by atoms with Crippen LogP contribution in [0.15, 0.2) is 29.2 Å². The smallest absolute Gasteiger partial charge is 0.413 e.